The predicted octanol–water partition coefficient (Wildman–Crippen LogP) is 5.31. The van der Waals surface area contributed by atoms with Crippen LogP contribution in [0.15, 0.2) is 57.8 Å². The maximum atomic E-state index is 13.3. The Kier molecular flexibility index (Phi) is 9.36. The average molecular weight is 608 g/mol. The van der Waals surface area contributed by atoms with Crippen LogP contribution >= 0.6 is 0 Å². The first-order chi connectivity index (χ1) is 20.5. The van der Waals surface area contributed by atoms with E-state index in [0.29, 0.717) is 32.1 Å². The Labute approximate surface area is 253 Å². The van der Waals surface area contributed by atoms with Crippen LogP contribution in [0.5, 0.6) is 0 Å². The minimum atomic E-state index is -3.89. The van der Waals surface area contributed by atoms with E-state index in [-0.39, 0.29) is 35.1 Å². The second-order valence-electron chi connectivity index (χ2n) is 12.2. The van der Waals surface area contributed by atoms with Crippen molar-refractivity contribution in [3.8, 4) is 11.3 Å². The van der Waals surface area contributed by atoms with Gasteiger partial charge in [-0.25, -0.2) is 0 Å². The number of sulfonamides is 1. The number of aromatic nitrogens is 1. The number of hydrogen-bond donors (Lipinski definition) is 1. The lowest BCUT2D eigenvalue weighted by atomic mass is 9.81. The molecule has 9 nitrogen and oxygen atoms in total. The third-order valence-electron chi connectivity index (χ3n) is 8.94. The fraction of sp³-hybridized carbons (Fsp3) is 0.485. The molecule has 1 N–H and O–H groups in total. The topological polar surface area (TPSA) is 118 Å². The smallest absolute Gasteiger partial charge is 0.303 e. The Morgan fingerprint density at radius 1 is 1.07 bits per heavy atom. The molecular formula is C33H41N3O6S. The standard InChI is InChI=1S/C33H41N3O6S/c1-22(2)31-21-42-17-16-36(31)33(39)26-11-6-24(7-12-26)20-34-43(40,41)28-14-13-27-18-29(35(3)30(27)19-28)25-9-4-23(5-10-25)8-15-32(37)38/h4-5,9-10,13-14,18-20,22,24,26,31H,6-8,11-12,15-17,21H2,1-3H3,(H,37,38)/b34-20+/t24?,26?,31-/m1/s1. The quantitative estimate of drug-likeness (QED) is 0.330. The van der Waals surface area contributed by atoms with E-state index in [0.717, 1.165) is 53.4 Å². The van der Waals surface area contributed by atoms with Crippen LogP contribution in [-0.4, -0.2) is 66.9 Å². The van der Waals surface area contributed by atoms with Gasteiger partial charge in [0.2, 0.25) is 5.91 Å². The van der Waals surface area contributed by atoms with Crippen molar-refractivity contribution >= 4 is 39.0 Å². The van der Waals surface area contributed by atoms with Crippen molar-refractivity contribution in [2.24, 2.45) is 29.2 Å². The number of morpholine rings is 1. The number of carboxylic acid groups (broad SMARTS) is 1. The third kappa shape index (κ3) is 7.02. The Bertz CT molecular complexity index is 1600. The minimum Gasteiger partial charge on any atom is -0.481 e. The third-order valence-corrected chi connectivity index (χ3v) is 10.2. The van der Waals surface area contributed by atoms with Crippen LogP contribution in [0.4, 0.5) is 0 Å². The van der Waals surface area contributed by atoms with Gasteiger partial charge in [0.25, 0.3) is 10.0 Å². The lowest BCUT2D eigenvalue weighted by molar-refractivity contribution is -0.147. The van der Waals surface area contributed by atoms with Crippen molar-refractivity contribution in [1.29, 1.82) is 0 Å². The maximum absolute atomic E-state index is 13.3. The number of carboxylic acids is 1. The van der Waals surface area contributed by atoms with Crippen LogP contribution in [0.2, 0.25) is 0 Å². The highest BCUT2D eigenvalue weighted by atomic mass is 32.2. The van der Waals surface area contributed by atoms with Gasteiger partial charge in [-0.3, -0.25) is 9.59 Å². The zero-order valence-corrected chi connectivity index (χ0v) is 25.9. The second kappa shape index (κ2) is 13.0. The van der Waals surface area contributed by atoms with E-state index >= 15 is 0 Å². The minimum absolute atomic E-state index is 0.0215. The molecule has 1 saturated heterocycles. The van der Waals surface area contributed by atoms with Crippen LogP contribution in [-0.2, 0) is 37.8 Å². The van der Waals surface area contributed by atoms with Gasteiger partial charge >= 0.3 is 5.97 Å². The molecule has 1 amide bonds. The van der Waals surface area contributed by atoms with Gasteiger partial charge in [-0.15, -0.1) is 0 Å². The van der Waals surface area contributed by atoms with Gasteiger partial charge in [0.15, 0.2) is 0 Å². The van der Waals surface area contributed by atoms with Gasteiger partial charge in [-0.05, 0) is 73.3 Å². The summed E-state index contributed by atoms with van der Waals surface area (Å²) in [4.78, 5) is 26.3. The molecule has 10 heteroatoms. The van der Waals surface area contributed by atoms with Gasteiger partial charge in [-0.1, -0.05) is 44.2 Å². The molecule has 0 bridgehead atoms. The molecule has 1 atom stereocenters. The number of ether oxygens (including phenoxy) is 1. The van der Waals surface area contributed by atoms with E-state index in [1.807, 2.05) is 46.8 Å². The molecule has 43 heavy (non-hydrogen) atoms. The highest BCUT2D eigenvalue weighted by Gasteiger charge is 2.35. The van der Waals surface area contributed by atoms with Crippen molar-refractivity contribution in [3.05, 3.63) is 54.1 Å². The highest BCUT2D eigenvalue weighted by Crippen LogP contribution is 2.32. The first-order valence-electron chi connectivity index (χ1n) is 15.1. The zero-order chi connectivity index (χ0) is 30.7. The Morgan fingerprint density at radius 3 is 2.47 bits per heavy atom. The number of aliphatic carboxylic acids is 1. The van der Waals surface area contributed by atoms with Gasteiger partial charge in [-0.2, -0.15) is 12.8 Å². The van der Waals surface area contributed by atoms with Gasteiger partial charge < -0.3 is 19.3 Å². The SMILES string of the molecule is CC(C)[C@H]1COCCN1C(=O)C1CCC(/C=N/S(=O)(=O)c2ccc3cc(-c4ccc(CCC(=O)O)cc4)n(C)c3c2)CC1. The van der Waals surface area contributed by atoms with E-state index in [2.05, 4.69) is 18.2 Å². The Balaban J connectivity index is 1.24. The molecule has 1 aliphatic carbocycles. The summed E-state index contributed by atoms with van der Waals surface area (Å²) in [5.74, 6) is -0.295. The van der Waals surface area contributed by atoms with Crippen LogP contribution < -0.4 is 0 Å². The average Bonchev–Trinajstić information content (AvgIpc) is 3.34. The summed E-state index contributed by atoms with van der Waals surface area (Å²) in [6, 6.07) is 14.9. The largest absolute Gasteiger partial charge is 0.481 e. The Morgan fingerprint density at radius 2 is 1.79 bits per heavy atom. The number of carbonyl (C=O) groups excluding carboxylic acids is 1. The van der Waals surface area contributed by atoms with E-state index in [4.69, 9.17) is 9.84 Å². The summed E-state index contributed by atoms with van der Waals surface area (Å²) in [5.41, 5.74) is 3.62. The molecule has 2 aliphatic rings. The summed E-state index contributed by atoms with van der Waals surface area (Å²) in [6.45, 7) is 6.04. The molecule has 230 valence electrons. The molecule has 2 heterocycles. The molecular weight excluding hydrogens is 566 g/mol. The lowest BCUT2D eigenvalue weighted by Crippen LogP contribution is -2.53. The molecule has 0 unspecified atom stereocenters. The van der Waals surface area contributed by atoms with Crippen molar-refractivity contribution in [2.45, 2.75) is 63.3 Å². The number of hydrogen-bond acceptors (Lipinski definition) is 5. The van der Waals surface area contributed by atoms with Crippen LogP contribution in [0.1, 0.15) is 51.5 Å². The van der Waals surface area contributed by atoms with Crippen molar-refractivity contribution < 1.29 is 27.9 Å². The van der Waals surface area contributed by atoms with E-state index in [1.54, 1.807) is 24.4 Å². The summed E-state index contributed by atoms with van der Waals surface area (Å²) in [6.07, 6.45) is 5.06. The van der Waals surface area contributed by atoms with Crippen molar-refractivity contribution in [1.82, 2.24) is 9.47 Å². The Hall–Kier alpha value is -3.50. The van der Waals surface area contributed by atoms with Crippen LogP contribution in [0.25, 0.3) is 22.2 Å². The summed E-state index contributed by atoms with van der Waals surface area (Å²) in [5, 5.41) is 9.84. The van der Waals surface area contributed by atoms with Crippen molar-refractivity contribution in [3.63, 3.8) is 0 Å². The fourth-order valence-electron chi connectivity index (χ4n) is 6.27. The van der Waals surface area contributed by atoms with Gasteiger partial charge in [0.05, 0.1) is 24.2 Å². The van der Waals surface area contributed by atoms with Crippen molar-refractivity contribution in [2.75, 3.05) is 19.8 Å². The van der Waals surface area contributed by atoms with Gasteiger partial charge in [0, 0.05) is 48.7 Å². The molecule has 2 aromatic carbocycles. The number of rotatable bonds is 9. The molecule has 2 fully saturated rings. The molecule has 1 saturated carbocycles. The molecule has 1 aromatic heterocycles. The van der Waals surface area contributed by atoms with Crippen LogP contribution in [0.3, 0.4) is 0 Å². The molecule has 5 rings (SSSR count). The number of amides is 1. The number of benzene rings is 2. The van der Waals surface area contributed by atoms with Gasteiger partial charge in [0.1, 0.15) is 0 Å². The summed E-state index contributed by atoms with van der Waals surface area (Å²) >= 11 is 0. The van der Waals surface area contributed by atoms with E-state index in [1.165, 1.54) is 0 Å². The second-order valence-corrected chi connectivity index (χ2v) is 13.8. The summed E-state index contributed by atoms with van der Waals surface area (Å²) in [7, 11) is -1.99. The number of fused-ring (bicyclic) bond motifs is 1. The zero-order valence-electron chi connectivity index (χ0n) is 25.1. The first kappa shape index (κ1) is 30.9. The predicted molar refractivity (Wildman–Crippen MR) is 167 cm³/mol. The number of carbonyl (C=O) groups is 2. The van der Waals surface area contributed by atoms with E-state index < -0.39 is 16.0 Å². The number of nitrogens with zero attached hydrogens (tertiary/aromatic N) is 3. The fourth-order valence-corrected chi connectivity index (χ4v) is 7.22. The molecule has 0 radical (unpaired) electrons. The van der Waals surface area contributed by atoms with E-state index in [9.17, 15) is 18.0 Å². The summed E-state index contributed by atoms with van der Waals surface area (Å²) < 4.78 is 38.1. The number of aryl methyl sites for hydroxylation is 2. The normalized spacial score (nSPS) is 21.6. The molecule has 0 spiro atoms. The maximum Gasteiger partial charge on any atom is 0.303 e. The first-order valence-corrected chi connectivity index (χ1v) is 16.6. The molecule has 1 aliphatic heterocycles. The highest BCUT2D eigenvalue weighted by molar-refractivity contribution is 7.90. The van der Waals surface area contributed by atoms with Crippen LogP contribution in [0, 0.1) is 17.8 Å². The molecule has 3 aromatic rings. The monoisotopic (exact) mass is 607 g/mol. The lowest BCUT2D eigenvalue weighted by Gasteiger charge is -2.40.